The number of imide groups is 1. The van der Waals surface area contributed by atoms with Gasteiger partial charge in [0.25, 0.3) is 5.91 Å². The van der Waals surface area contributed by atoms with Gasteiger partial charge in [-0.3, -0.25) is 19.8 Å². The van der Waals surface area contributed by atoms with E-state index in [2.05, 4.69) is 27.5 Å². The minimum atomic E-state index is -0.831. The van der Waals surface area contributed by atoms with Gasteiger partial charge in [0.2, 0.25) is 11.9 Å². The lowest BCUT2D eigenvalue weighted by molar-refractivity contribution is -0.135. The number of aromatic amines is 1. The number of benzene rings is 1. The number of para-hydroxylation sites is 2. The van der Waals surface area contributed by atoms with Gasteiger partial charge in [-0.15, -0.1) is 0 Å². The van der Waals surface area contributed by atoms with E-state index in [4.69, 9.17) is 0 Å². The Hall–Kier alpha value is -2.90. The van der Waals surface area contributed by atoms with Gasteiger partial charge in [-0.1, -0.05) is 25.5 Å². The number of rotatable bonds is 4. The Morgan fingerprint density at radius 3 is 2.74 bits per heavy atom. The molecule has 1 spiro atoms. The molecular formula is C19H23N5O3. The molecule has 27 heavy (non-hydrogen) atoms. The van der Waals surface area contributed by atoms with Crippen LogP contribution in [-0.2, 0) is 9.59 Å². The molecule has 8 nitrogen and oxygen atoms in total. The molecule has 4 amide bonds. The first-order chi connectivity index (χ1) is 13.0. The molecule has 2 aromatic rings. The van der Waals surface area contributed by atoms with Crippen LogP contribution in [0.1, 0.15) is 39.0 Å². The van der Waals surface area contributed by atoms with Crippen LogP contribution >= 0.6 is 0 Å². The molecule has 0 bridgehead atoms. The second kappa shape index (κ2) is 6.68. The van der Waals surface area contributed by atoms with Crippen LogP contribution in [0.4, 0.5) is 10.7 Å². The van der Waals surface area contributed by atoms with Gasteiger partial charge in [-0.05, 0) is 43.7 Å². The summed E-state index contributed by atoms with van der Waals surface area (Å²) >= 11 is 0. The van der Waals surface area contributed by atoms with E-state index in [-0.39, 0.29) is 12.5 Å². The summed E-state index contributed by atoms with van der Waals surface area (Å²) in [5.41, 5.74) is 0.700. The Morgan fingerprint density at radius 2 is 2.04 bits per heavy atom. The molecule has 8 heteroatoms. The normalized spacial score (nSPS) is 25.2. The summed E-state index contributed by atoms with van der Waals surface area (Å²) in [6.45, 7) is 1.83. The third-order valence-corrected chi connectivity index (χ3v) is 5.73. The van der Waals surface area contributed by atoms with Crippen molar-refractivity contribution in [2.24, 2.45) is 5.92 Å². The average Bonchev–Trinajstić information content (AvgIpc) is 3.16. The largest absolute Gasteiger partial charge is 0.325 e. The minimum absolute atomic E-state index is 0.290. The summed E-state index contributed by atoms with van der Waals surface area (Å²) in [5, 5.41) is 5.47. The van der Waals surface area contributed by atoms with Crippen LogP contribution in [0.3, 0.4) is 0 Å². The highest BCUT2D eigenvalue weighted by molar-refractivity contribution is 6.10. The molecule has 2 fully saturated rings. The quantitative estimate of drug-likeness (QED) is 0.719. The van der Waals surface area contributed by atoms with Crippen LogP contribution in [0, 0.1) is 5.92 Å². The number of carbonyl (C=O) groups is 3. The zero-order valence-corrected chi connectivity index (χ0v) is 15.2. The van der Waals surface area contributed by atoms with E-state index >= 15 is 0 Å². The molecule has 4 rings (SSSR count). The number of carbonyl (C=O) groups excluding carboxylic acids is 3. The standard InChI is InChI=1S/C19H23N5O3/c1-2-12-7-9-19(10-8-12)16(26)24(18(27)23-19)11-15(25)22-17-20-13-5-3-4-6-14(13)21-17/h3-6,12H,2,7-11H2,1H3,(H,23,27)(H2,20,21,22,25). The predicted octanol–water partition coefficient (Wildman–Crippen LogP) is 2.39. The molecule has 1 aliphatic heterocycles. The van der Waals surface area contributed by atoms with Crippen molar-refractivity contribution < 1.29 is 14.4 Å². The lowest BCUT2D eigenvalue weighted by Gasteiger charge is -2.34. The van der Waals surface area contributed by atoms with Gasteiger partial charge in [0.05, 0.1) is 11.0 Å². The topological polar surface area (TPSA) is 107 Å². The van der Waals surface area contributed by atoms with Gasteiger partial charge >= 0.3 is 6.03 Å². The molecule has 0 radical (unpaired) electrons. The smallest absolute Gasteiger partial charge is 0.324 e. The summed E-state index contributed by atoms with van der Waals surface area (Å²) in [7, 11) is 0. The number of nitrogens with one attached hydrogen (secondary N) is 3. The fraction of sp³-hybridized carbons (Fsp3) is 0.474. The van der Waals surface area contributed by atoms with E-state index in [1.807, 2.05) is 24.3 Å². The summed E-state index contributed by atoms with van der Waals surface area (Å²) in [6.07, 6.45) is 4.19. The Balaban J connectivity index is 1.42. The Morgan fingerprint density at radius 1 is 1.30 bits per heavy atom. The molecule has 1 aromatic heterocycles. The van der Waals surface area contributed by atoms with Crippen LogP contribution in [-0.4, -0.2) is 44.8 Å². The van der Waals surface area contributed by atoms with Crippen LogP contribution in [0.2, 0.25) is 0 Å². The SMILES string of the molecule is CCC1CCC2(CC1)NC(=O)N(CC(=O)Nc1nc3ccccc3[nH]1)C2=O. The highest BCUT2D eigenvalue weighted by Crippen LogP contribution is 2.37. The van der Waals surface area contributed by atoms with Crippen LogP contribution < -0.4 is 10.6 Å². The minimum Gasteiger partial charge on any atom is -0.324 e. The first-order valence-corrected chi connectivity index (χ1v) is 9.39. The van der Waals surface area contributed by atoms with Crippen LogP contribution in [0.5, 0.6) is 0 Å². The maximum atomic E-state index is 12.9. The van der Waals surface area contributed by atoms with E-state index in [1.165, 1.54) is 0 Å². The predicted molar refractivity (Wildman–Crippen MR) is 99.9 cm³/mol. The van der Waals surface area contributed by atoms with Gasteiger partial charge < -0.3 is 10.3 Å². The van der Waals surface area contributed by atoms with Gasteiger partial charge in [-0.25, -0.2) is 9.78 Å². The fourth-order valence-electron chi connectivity index (χ4n) is 4.06. The number of H-pyrrole nitrogens is 1. The fourth-order valence-corrected chi connectivity index (χ4v) is 4.06. The van der Waals surface area contributed by atoms with Crippen LogP contribution in [0.15, 0.2) is 24.3 Å². The van der Waals surface area contributed by atoms with Crippen molar-refractivity contribution in [2.75, 3.05) is 11.9 Å². The van der Waals surface area contributed by atoms with E-state index in [0.717, 1.165) is 35.2 Å². The molecule has 3 N–H and O–H groups in total. The number of amides is 4. The number of hydrogen-bond donors (Lipinski definition) is 3. The van der Waals surface area contributed by atoms with E-state index in [1.54, 1.807) is 0 Å². The number of aromatic nitrogens is 2. The first-order valence-electron chi connectivity index (χ1n) is 9.39. The summed E-state index contributed by atoms with van der Waals surface area (Å²) in [4.78, 5) is 45.8. The molecule has 1 aromatic carbocycles. The number of fused-ring (bicyclic) bond motifs is 1. The van der Waals surface area contributed by atoms with E-state index in [0.29, 0.717) is 24.7 Å². The summed E-state index contributed by atoms with van der Waals surface area (Å²) < 4.78 is 0. The lowest BCUT2D eigenvalue weighted by atomic mass is 9.75. The second-order valence-corrected chi connectivity index (χ2v) is 7.41. The molecule has 0 atom stereocenters. The third-order valence-electron chi connectivity index (χ3n) is 5.73. The van der Waals surface area contributed by atoms with Crippen molar-refractivity contribution in [3.63, 3.8) is 0 Å². The van der Waals surface area contributed by atoms with Gasteiger partial charge in [-0.2, -0.15) is 0 Å². The highest BCUT2D eigenvalue weighted by Gasteiger charge is 2.52. The van der Waals surface area contributed by atoms with Gasteiger partial charge in [0.1, 0.15) is 12.1 Å². The Kier molecular flexibility index (Phi) is 4.33. The van der Waals surface area contributed by atoms with Crippen LogP contribution in [0.25, 0.3) is 11.0 Å². The summed E-state index contributed by atoms with van der Waals surface area (Å²) in [6, 6.07) is 6.91. The second-order valence-electron chi connectivity index (χ2n) is 7.41. The molecule has 142 valence electrons. The molecule has 1 aliphatic carbocycles. The number of imidazole rings is 1. The lowest BCUT2D eigenvalue weighted by Crippen LogP contribution is -2.49. The average molecular weight is 369 g/mol. The van der Waals surface area contributed by atoms with E-state index in [9.17, 15) is 14.4 Å². The van der Waals surface area contributed by atoms with Crippen molar-refractivity contribution in [1.82, 2.24) is 20.2 Å². The highest BCUT2D eigenvalue weighted by atomic mass is 16.2. The van der Waals surface area contributed by atoms with Crippen molar-refractivity contribution in [3.8, 4) is 0 Å². The van der Waals surface area contributed by atoms with Crippen molar-refractivity contribution >= 4 is 34.8 Å². The number of urea groups is 1. The number of nitrogens with zero attached hydrogens (tertiary/aromatic N) is 2. The molecular weight excluding hydrogens is 346 g/mol. The van der Waals surface area contributed by atoms with Crippen molar-refractivity contribution in [3.05, 3.63) is 24.3 Å². The monoisotopic (exact) mass is 369 g/mol. The van der Waals surface area contributed by atoms with Crippen molar-refractivity contribution in [1.29, 1.82) is 0 Å². The molecule has 1 saturated carbocycles. The van der Waals surface area contributed by atoms with Gasteiger partial charge in [0.15, 0.2) is 0 Å². The maximum absolute atomic E-state index is 12.9. The maximum Gasteiger partial charge on any atom is 0.325 e. The molecule has 1 saturated heterocycles. The molecule has 2 heterocycles. The Labute approximate surface area is 156 Å². The number of hydrogen-bond acceptors (Lipinski definition) is 4. The van der Waals surface area contributed by atoms with Gasteiger partial charge in [0, 0.05) is 0 Å². The summed E-state index contributed by atoms with van der Waals surface area (Å²) in [5.74, 6) is 0.149. The van der Waals surface area contributed by atoms with Crippen molar-refractivity contribution in [2.45, 2.75) is 44.6 Å². The number of anilines is 1. The molecule has 2 aliphatic rings. The van der Waals surface area contributed by atoms with E-state index < -0.39 is 17.5 Å². The first kappa shape index (κ1) is 17.5. The zero-order valence-electron chi connectivity index (χ0n) is 15.2. The molecule has 0 unspecified atom stereocenters. The Bertz CT molecular complexity index is 865. The zero-order chi connectivity index (χ0) is 19.0. The third kappa shape index (κ3) is 3.15.